The highest BCUT2D eigenvalue weighted by Crippen LogP contribution is 2.20. The third-order valence-corrected chi connectivity index (χ3v) is 2.91. The fourth-order valence-corrected chi connectivity index (χ4v) is 2.23. The van der Waals surface area contributed by atoms with Crippen molar-refractivity contribution in [2.45, 2.75) is 32.2 Å². The van der Waals surface area contributed by atoms with Crippen LogP contribution in [0.3, 0.4) is 0 Å². The Balaban J connectivity index is 2.78. The molecule has 0 radical (unpaired) electrons. The molecule has 1 rings (SSSR count). The van der Waals surface area contributed by atoms with E-state index in [9.17, 15) is 9.59 Å². The van der Waals surface area contributed by atoms with Gasteiger partial charge in [0.1, 0.15) is 6.04 Å². The molecule has 1 aromatic carbocycles. The number of hydrogen-bond acceptors (Lipinski definition) is 2. The van der Waals surface area contributed by atoms with Crippen molar-refractivity contribution in [1.82, 2.24) is 5.32 Å². The number of nitrogens with one attached hydrogen (secondary N) is 1. The second kappa shape index (κ2) is 7.36. The fraction of sp³-hybridized carbons (Fsp3) is 0.385. The van der Waals surface area contributed by atoms with Gasteiger partial charge in [0.05, 0.1) is 0 Å². The number of amides is 1. The fourth-order valence-electron chi connectivity index (χ4n) is 1.66. The topological polar surface area (TPSA) is 66.4 Å². The minimum absolute atomic E-state index is 0.144. The van der Waals surface area contributed by atoms with Crippen LogP contribution in [0.25, 0.3) is 0 Å². The Labute approximate surface area is 121 Å². The van der Waals surface area contributed by atoms with Crippen LogP contribution in [0.4, 0.5) is 0 Å². The zero-order valence-electron chi connectivity index (χ0n) is 10.5. The average Bonchev–Trinajstić information content (AvgIpc) is 2.26. The molecule has 6 heteroatoms. The first-order valence-electron chi connectivity index (χ1n) is 5.89. The van der Waals surface area contributed by atoms with Crippen molar-refractivity contribution < 1.29 is 14.7 Å². The second-order valence-electron chi connectivity index (χ2n) is 4.19. The number of rotatable bonds is 6. The molecule has 0 aliphatic rings. The van der Waals surface area contributed by atoms with Gasteiger partial charge in [0.25, 0.3) is 0 Å². The average molecular weight is 304 g/mol. The van der Waals surface area contributed by atoms with Crippen LogP contribution in [-0.4, -0.2) is 23.0 Å². The van der Waals surface area contributed by atoms with Gasteiger partial charge in [-0.05, 0) is 30.2 Å². The Kier molecular flexibility index (Phi) is 6.12. The normalized spacial score (nSPS) is 11.9. The third kappa shape index (κ3) is 5.49. The minimum Gasteiger partial charge on any atom is -0.480 e. The largest absolute Gasteiger partial charge is 0.480 e. The smallest absolute Gasteiger partial charge is 0.326 e. The molecule has 0 aliphatic heterocycles. The molecule has 0 bridgehead atoms. The molecule has 0 aliphatic carbocycles. The van der Waals surface area contributed by atoms with E-state index in [1.54, 1.807) is 18.2 Å². The van der Waals surface area contributed by atoms with Gasteiger partial charge < -0.3 is 10.4 Å². The quantitative estimate of drug-likeness (QED) is 0.849. The number of carbonyl (C=O) groups excluding carboxylic acids is 1. The summed E-state index contributed by atoms with van der Waals surface area (Å²) < 4.78 is 0. The molecule has 0 saturated carbocycles. The summed E-state index contributed by atoms with van der Waals surface area (Å²) in [5, 5.41) is 12.5. The highest BCUT2D eigenvalue weighted by molar-refractivity contribution is 6.34. The summed E-state index contributed by atoms with van der Waals surface area (Å²) in [4.78, 5) is 22.6. The molecule has 1 unspecified atom stereocenters. The molecular weight excluding hydrogens is 289 g/mol. The van der Waals surface area contributed by atoms with Crippen LogP contribution in [0, 0.1) is 0 Å². The van der Waals surface area contributed by atoms with Gasteiger partial charge in [0.15, 0.2) is 0 Å². The lowest BCUT2D eigenvalue weighted by molar-refractivity contribution is -0.141. The van der Waals surface area contributed by atoms with Crippen LogP contribution in [0.5, 0.6) is 0 Å². The molecule has 2 N–H and O–H groups in total. The van der Waals surface area contributed by atoms with Crippen LogP contribution >= 0.6 is 23.2 Å². The van der Waals surface area contributed by atoms with Crippen LogP contribution in [0.15, 0.2) is 18.2 Å². The number of aliphatic carboxylic acids is 1. The first-order valence-corrected chi connectivity index (χ1v) is 6.65. The summed E-state index contributed by atoms with van der Waals surface area (Å²) in [6, 6.07) is 3.86. The first kappa shape index (κ1) is 15.8. The summed E-state index contributed by atoms with van der Waals surface area (Å²) in [5.41, 5.74) is 0.668. The maximum absolute atomic E-state index is 11.5. The van der Waals surface area contributed by atoms with E-state index in [-0.39, 0.29) is 12.3 Å². The van der Waals surface area contributed by atoms with Gasteiger partial charge in [0, 0.05) is 22.9 Å². The van der Waals surface area contributed by atoms with E-state index in [1.807, 2.05) is 6.92 Å². The number of hydrogen-bond donors (Lipinski definition) is 2. The second-order valence-corrected chi connectivity index (χ2v) is 5.06. The van der Waals surface area contributed by atoms with Gasteiger partial charge in [-0.25, -0.2) is 4.79 Å². The van der Waals surface area contributed by atoms with E-state index < -0.39 is 12.0 Å². The van der Waals surface area contributed by atoms with Gasteiger partial charge in [-0.1, -0.05) is 30.1 Å². The summed E-state index contributed by atoms with van der Waals surface area (Å²) in [5.74, 6) is -1.36. The molecule has 0 aromatic heterocycles. The van der Waals surface area contributed by atoms with E-state index in [0.717, 1.165) is 0 Å². The van der Waals surface area contributed by atoms with E-state index in [4.69, 9.17) is 28.3 Å². The SMILES string of the molecule is CCCC(=O)NC(Cc1cc(Cl)cc(Cl)c1)C(=O)O. The molecule has 4 nitrogen and oxygen atoms in total. The van der Waals surface area contributed by atoms with E-state index in [2.05, 4.69) is 5.32 Å². The number of benzene rings is 1. The molecule has 19 heavy (non-hydrogen) atoms. The summed E-state index contributed by atoms with van der Waals surface area (Å²) in [6.07, 6.45) is 1.12. The number of halogens is 2. The Morgan fingerprint density at radius 3 is 2.32 bits per heavy atom. The van der Waals surface area contributed by atoms with Gasteiger partial charge in [0.2, 0.25) is 5.91 Å². The van der Waals surface area contributed by atoms with Crippen molar-refractivity contribution in [3.05, 3.63) is 33.8 Å². The molecule has 0 spiro atoms. The standard InChI is InChI=1S/C13H15Cl2NO3/c1-2-3-12(17)16-11(13(18)19)6-8-4-9(14)7-10(15)5-8/h4-5,7,11H,2-3,6H2,1H3,(H,16,17)(H,18,19). The van der Waals surface area contributed by atoms with Crippen LogP contribution in [0.1, 0.15) is 25.3 Å². The Bertz CT molecular complexity index is 457. The Hall–Kier alpha value is -1.26. The molecular formula is C13H15Cl2NO3. The predicted octanol–water partition coefficient (Wildman–Crippen LogP) is 2.91. The molecule has 0 saturated heterocycles. The van der Waals surface area contributed by atoms with Crippen LogP contribution in [-0.2, 0) is 16.0 Å². The molecule has 0 heterocycles. The minimum atomic E-state index is -1.08. The van der Waals surface area contributed by atoms with E-state index >= 15 is 0 Å². The molecule has 104 valence electrons. The highest BCUT2D eigenvalue weighted by Gasteiger charge is 2.20. The summed E-state index contributed by atoms with van der Waals surface area (Å²) in [6.45, 7) is 1.85. The Morgan fingerprint density at radius 1 is 1.26 bits per heavy atom. The van der Waals surface area contributed by atoms with Crippen molar-refractivity contribution in [3.63, 3.8) is 0 Å². The summed E-state index contributed by atoms with van der Waals surface area (Å²) in [7, 11) is 0. The summed E-state index contributed by atoms with van der Waals surface area (Å²) >= 11 is 11.7. The molecule has 0 fully saturated rings. The lowest BCUT2D eigenvalue weighted by atomic mass is 10.1. The van der Waals surface area contributed by atoms with Crippen molar-refractivity contribution in [1.29, 1.82) is 0 Å². The van der Waals surface area contributed by atoms with E-state index in [1.165, 1.54) is 0 Å². The Morgan fingerprint density at radius 2 is 1.84 bits per heavy atom. The van der Waals surface area contributed by atoms with Crippen molar-refractivity contribution in [2.75, 3.05) is 0 Å². The van der Waals surface area contributed by atoms with Crippen LogP contribution < -0.4 is 5.32 Å². The predicted molar refractivity (Wildman–Crippen MR) is 74.6 cm³/mol. The van der Waals surface area contributed by atoms with Gasteiger partial charge in [-0.2, -0.15) is 0 Å². The van der Waals surface area contributed by atoms with Crippen LogP contribution in [0.2, 0.25) is 10.0 Å². The van der Waals surface area contributed by atoms with Gasteiger partial charge >= 0.3 is 5.97 Å². The van der Waals surface area contributed by atoms with Gasteiger partial charge in [-0.15, -0.1) is 0 Å². The number of carboxylic acids is 1. The lowest BCUT2D eigenvalue weighted by Gasteiger charge is -2.14. The zero-order valence-corrected chi connectivity index (χ0v) is 12.0. The highest BCUT2D eigenvalue weighted by atomic mass is 35.5. The maximum atomic E-state index is 11.5. The molecule has 1 amide bonds. The van der Waals surface area contributed by atoms with Crippen molar-refractivity contribution in [3.8, 4) is 0 Å². The number of carboxylic acid groups (broad SMARTS) is 1. The lowest BCUT2D eigenvalue weighted by Crippen LogP contribution is -2.42. The number of carbonyl (C=O) groups is 2. The van der Waals surface area contributed by atoms with Crippen molar-refractivity contribution in [2.24, 2.45) is 0 Å². The third-order valence-electron chi connectivity index (χ3n) is 2.47. The first-order chi connectivity index (χ1) is 8.92. The van der Waals surface area contributed by atoms with Gasteiger partial charge in [-0.3, -0.25) is 4.79 Å². The maximum Gasteiger partial charge on any atom is 0.326 e. The monoisotopic (exact) mass is 303 g/mol. The van der Waals surface area contributed by atoms with E-state index in [0.29, 0.717) is 28.5 Å². The molecule has 1 aromatic rings. The van der Waals surface area contributed by atoms with Crippen molar-refractivity contribution >= 4 is 35.1 Å². The zero-order chi connectivity index (χ0) is 14.4. The molecule has 1 atom stereocenters.